The molecule has 3 aromatic carbocycles. The third kappa shape index (κ3) is 6.27. The van der Waals surface area contributed by atoms with E-state index in [2.05, 4.69) is 10.0 Å². The van der Waals surface area contributed by atoms with Crippen LogP contribution in [0.5, 0.6) is 5.75 Å². The first-order valence-electron chi connectivity index (χ1n) is 10.1. The number of aryl methyl sites for hydroxylation is 1. The topological polar surface area (TPSA) is 122 Å². The van der Waals surface area contributed by atoms with Crippen LogP contribution in [0, 0.1) is 6.92 Å². The summed E-state index contributed by atoms with van der Waals surface area (Å²) in [4.78, 5) is 12.7. The molecular weight excluding hydrogens is 478 g/mol. The lowest BCUT2D eigenvalue weighted by Gasteiger charge is -2.24. The van der Waals surface area contributed by atoms with Crippen molar-refractivity contribution < 1.29 is 26.4 Å². The number of hydrogen-bond donors (Lipinski definition) is 2. The van der Waals surface area contributed by atoms with E-state index in [1.165, 1.54) is 31.4 Å². The van der Waals surface area contributed by atoms with Crippen molar-refractivity contribution in [1.82, 2.24) is 0 Å². The molecule has 180 valence electrons. The second kappa shape index (κ2) is 10.1. The van der Waals surface area contributed by atoms with Crippen LogP contribution in [0.15, 0.2) is 77.7 Å². The lowest BCUT2D eigenvalue weighted by Crippen LogP contribution is -2.37. The van der Waals surface area contributed by atoms with E-state index in [1.807, 2.05) is 0 Å². The fourth-order valence-electron chi connectivity index (χ4n) is 3.14. The van der Waals surface area contributed by atoms with Gasteiger partial charge >= 0.3 is 0 Å². The zero-order valence-electron chi connectivity index (χ0n) is 18.8. The van der Waals surface area contributed by atoms with Crippen LogP contribution < -0.4 is 19.1 Å². The number of nitrogens with one attached hydrogen (secondary N) is 2. The fraction of sp³-hybridized carbons (Fsp3) is 0.174. The minimum Gasteiger partial charge on any atom is -0.495 e. The van der Waals surface area contributed by atoms with Gasteiger partial charge in [-0.25, -0.2) is 16.8 Å². The molecule has 0 fully saturated rings. The van der Waals surface area contributed by atoms with Gasteiger partial charge in [0.05, 0.1) is 23.9 Å². The number of benzene rings is 3. The van der Waals surface area contributed by atoms with Crippen molar-refractivity contribution in [2.75, 3.05) is 34.3 Å². The number of carbonyl (C=O) groups is 1. The monoisotopic (exact) mass is 503 g/mol. The summed E-state index contributed by atoms with van der Waals surface area (Å²) in [5.41, 5.74) is 1.78. The molecule has 0 heterocycles. The Morgan fingerprint density at radius 2 is 1.56 bits per heavy atom. The molecule has 11 heteroatoms. The number of rotatable bonds is 9. The minimum absolute atomic E-state index is 0.0108. The van der Waals surface area contributed by atoms with Crippen molar-refractivity contribution in [1.29, 1.82) is 0 Å². The largest absolute Gasteiger partial charge is 0.495 e. The Kier molecular flexibility index (Phi) is 7.48. The number of amides is 1. The fourth-order valence-corrected chi connectivity index (χ4v) is 5.05. The van der Waals surface area contributed by atoms with Crippen molar-refractivity contribution in [3.63, 3.8) is 0 Å². The zero-order valence-corrected chi connectivity index (χ0v) is 20.5. The molecule has 0 unspecified atom stereocenters. The average Bonchev–Trinajstić information content (AvgIpc) is 2.77. The van der Waals surface area contributed by atoms with Gasteiger partial charge in [0.25, 0.3) is 10.0 Å². The van der Waals surface area contributed by atoms with E-state index in [-0.39, 0.29) is 10.6 Å². The molecule has 3 aromatic rings. The number of para-hydroxylation sites is 1. The van der Waals surface area contributed by atoms with Crippen molar-refractivity contribution in [2.24, 2.45) is 0 Å². The molecule has 9 nitrogen and oxygen atoms in total. The van der Waals surface area contributed by atoms with Gasteiger partial charge in [-0.05, 0) is 61.0 Å². The normalized spacial score (nSPS) is 11.5. The summed E-state index contributed by atoms with van der Waals surface area (Å²) in [7, 11) is -6.20. The van der Waals surface area contributed by atoms with E-state index in [9.17, 15) is 21.6 Å². The SMILES string of the molecule is COc1ccc(C)cc1N(CC(=O)Nc1ccc(S(=O)(=O)Nc2ccccc2)cc1)S(C)(=O)=O. The first-order chi connectivity index (χ1) is 16.0. The van der Waals surface area contributed by atoms with Gasteiger partial charge in [-0.15, -0.1) is 0 Å². The number of carbonyl (C=O) groups excluding carboxylic acids is 1. The van der Waals surface area contributed by atoms with E-state index in [0.29, 0.717) is 17.1 Å². The smallest absolute Gasteiger partial charge is 0.261 e. The van der Waals surface area contributed by atoms with Crippen LogP contribution in [0.3, 0.4) is 0 Å². The highest BCUT2D eigenvalue weighted by Crippen LogP contribution is 2.31. The number of nitrogens with zero attached hydrogens (tertiary/aromatic N) is 1. The Labute approximate surface area is 199 Å². The highest BCUT2D eigenvalue weighted by atomic mass is 32.2. The van der Waals surface area contributed by atoms with Crippen LogP contribution in [0.4, 0.5) is 17.1 Å². The van der Waals surface area contributed by atoms with Gasteiger partial charge in [-0.1, -0.05) is 24.3 Å². The number of methoxy groups -OCH3 is 1. The van der Waals surface area contributed by atoms with Gasteiger partial charge in [0.15, 0.2) is 0 Å². The molecule has 0 aliphatic heterocycles. The van der Waals surface area contributed by atoms with Gasteiger partial charge < -0.3 is 10.1 Å². The summed E-state index contributed by atoms with van der Waals surface area (Å²) >= 11 is 0. The Bertz CT molecular complexity index is 1370. The quantitative estimate of drug-likeness (QED) is 0.462. The Balaban J connectivity index is 1.75. The molecule has 0 atom stereocenters. The summed E-state index contributed by atoms with van der Waals surface area (Å²) < 4.78 is 58.6. The molecule has 0 radical (unpaired) electrons. The Morgan fingerprint density at radius 3 is 2.15 bits per heavy atom. The number of sulfonamides is 2. The second-order valence-electron chi connectivity index (χ2n) is 7.49. The highest BCUT2D eigenvalue weighted by Gasteiger charge is 2.24. The molecule has 0 aliphatic carbocycles. The molecule has 0 saturated carbocycles. The number of hydrogen-bond acceptors (Lipinski definition) is 6. The standard InChI is InChI=1S/C23H25N3O6S2/c1-17-9-14-22(32-2)21(15-17)26(33(3,28)29)16-23(27)24-18-10-12-20(13-11-18)34(30,31)25-19-7-5-4-6-8-19/h4-15,25H,16H2,1-3H3,(H,24,27). The van der Waals surface area contributed by atoms with Crippen LogP contribution in [-0.2, 0) is 24.8 Å². The molecule has 2 N–H and O–H groups in total. The van der Waals surface area contributed by atoms with Crippen LogP contribution in [0.25, 0.3) is 0 Å². The number of ether oxygens (including phenoxy) is 1. The van der Waals surface area contributed by atoms with Crippen molar-refractivity contribution in [3.05, 3.63) is 78.4 Å². The predicted octanol–water partition coefficient (Wildman–Crippen LogP) is 3.21. The van der Waals surface area contributed by atoms with E-state index in [1.54, 1.807) is 55.5 Å². The lowest BCUT2D eigenvalue weighted by molar-refractivity contribution is -0.114. The maximum absolute atomic E-state index is 12.7. The summed E-state index contributed by atoms with van der Waals surface area (Å²) in [6.45, 7) is 1.31. The van der Waals surface area contributed by atoms with Crippen LogP contribution in [0.2, 0.25) is 0 Å². The van der Waals surface area contributed by atoms with Crippen LogP contribution >= 0.6 is 0 Å². The molecule has 0 aliphatic rings. The molecule has 0 bridgehead atoms. The van der Waals surface area contributed by atoms with E-state index < -0.39 is 32.5 Å². The van der Waals surface area contributed by atoms with Gasteiger partial charge in [-0.2, -0.15) is 0 Å². The van der Waals surface area contributed by atoms with Crippen LogP contribution in [0.1, 0.15) is 5.56 Å². The molecular formula is C23H25N3O6S2. The summed E-state index contributed by atoms with van der Waals surface area (Å²) in [6, 6.07) is 19.0. The average molecular weight is 504 g/mol. The van der Waals surface area contributed by atoms with E-state index >= 15 is 0 Å². The Hall–Kier alpha value is -3.57. The van der Waals surface area contributed by atoms with E-state index in [0.717, 1.165) is 16.1 Å². The maximum Gasteiger partial charge on any atom is 0.261 e. The molecule has 34 heavy (non-hydrogen) atoms. The first kappa shape index (κ1) is 25.1. The van der Waals surface area contributed by atoms with Crippen molar-refractivity contribution in [2.45, 2.75) is 11.8 Å². The summed E-state index contributed by atoms with van der Waals surface area (Å²) in [5, 5.41) is 2.59. The second-order valence-corrected chi connectivity index (χ2v) is 11.1. The molecule has 1 amide bonds. The molecule has 0 aromatic heterocycles. The maximum atomic E-state index is 12.7. The third-order valence-corrected chi connectivity index (χ3v) is 7.29. The van der Waals surface area contributed by atoms with Crippen molar-refractivity contribution >= 4 is 43.0 Å². The highest BCUT2D eigenvalue weighted by molar-refractivity contribution is 7.92. The first-order valence-corrected chi connectivity index (χ1v) is 13.4. The molecule has 0 spiro atoms. The van der Waals surface area contributed by atoms with Gasteiger partial charge in [-0.3, -0.25) is 13.8 Å². The molecule has 0 saturated heterocycles. The number of anilines is 3. The predicted molar refractivity (Wildman–Crippen MR) is 132 cm³/mol. The van der Waals surface area contributed by atoms with E-state index in [4.69, 9.17) is 4.74 Å². The van der Waals surface area contributed by atoms with Gasteiger partial charge in [0, 0.05) is 11.4 Å². The summed E-state index contributed by atoms with van der Waals surface area (Å²) in [6.07, 6.45) is 1.00. The van der Waals surface area contributed by atoms with Gasteiger partial charge in [0.2, 0.25) is 15.9 Å². The summed E-state index contributed by atoms with van der Waals surface area (Å²) in [5.74, 6) is -0.295. The molecule has 3 rings (SSSR count). The van der Waals surface area contributed by atoms with Crippen LogP contribution in [-0.4, -0.2) is 42.7 Å². The Morgan fingerprint density at radius 1 is 0.912 bits per heavy atom. The minimum atomic E-state index is -3.81. The lowest BCUT2D eigenvalue weighted by atomic mass is 10.2. The van der Waals surface area contributed by atoms with Crippen molar-refractivity contribution in [3.8, 4) is 5.75 Å². The third-order valence-electron chi connectivity index (χ3n) is 4.76. The zero-order chi connectivity index (χ0) is 24.9. The van der Waals surface area contributed by atoms with Gasteiger partial charge in [0.1, 0.15) is 12.3 Å².